The van der Waals surface area contributed by atoms with Gasteiger partial charge in [-0.3, -0.25) is 5.10 Å². The summed E-state index contributed by atoms with van der Waals surface area (Å²) in [5.74, 6) is -0.0518. The van der Waals surface area contributed by atoms with Crippen molar-refractivity contribution in [2.45, 2.75) is 25.8 Å². The number of aryl methyl sites for hydroxylation is 2. The van der Waals surface area contributed by atoms with E-state index in [1.165, 1.54) is 11.8 Å². The summed E-state index contributed by atoms with van der Waals surface area (Å²) in [6.45, 7) is 5.87. The molecule has 0 saturated carbocycles. The summed E-state index contributed by atoms with van der Waals surface area (Å²) in [4.78, 5) is 0. The van der Waals surface area contributed by atoms with Gasteiger partial charge in [-0.05, 0) is 47.8 Å². The topological polar surface area (TPSA) is 62.8 Å². The van der Waals surface area contributed by atoms with Crippen LogP contribution < -0.4 is 0 Å². The Morgan fingerprint density at radius 1 is 1.38 bits per heavy atom. The highest BCUT2D eigenvalue weighted by atomic mass is 79.9. The highest BCUT2D eigenvalue weighted by Gasteiger charge is 2.21. The Balaban J connectivity index is 2.27. The van der Waals surface area contributed by atoms with Crippen LogP contribution in [0.15, 0.2) is 39.5 Å². The van der Waals surface area contributed by atoms with Gasteiger partial charge in [0.1, 0.15) is 0 Å². The lowest BCUT2D eigenvalue weighted by molar-refractivity contribution is 0.593. The van der Waals surface area contributed by atoms with Crippen LogP contribution in [0.1, 0.15) is 23.6 Å². The normalized spacial score (nSPS) is 12.7. The molecule has 2 aromatic rings. The third kappa shape index (κ3) is 3.83. The number of nitrogens with zero attached hydrogens (tertiary/aromatic N) is 1. The lowest BCUT2D eigenvalue weighted by Crippen LogP contribution is -2.09. The van der Waals surface area contributed by atoms with E-state index in [0.29, 0.717) is 4.47 Å². The SMILES string of the molecule is CC(=Cc1ccc(C)cc1C)CS(=O)(=O)c1n[nH]cc1Br. The Hall–Kier alpha value is -1.40. The van der Waals surface area contributed by atoms with Gasteiger partial charge in [0.15, 0.2) is 5.03 Å². The molecule has 0 fully saturated rings. The minimum atomic E-state index is -3.45. The third-order valence-corrected chi connectivity index (χ3v) is 5.70. The minimum Gasteiger partial charge on any atom is -0.283 e. The first-order chi connectivity index (χ1) is 9.79. The summed E-state index contributed by atoms with van der Waals surface area (Å²) < 4.78 is 25.1. The summed E-state index contributed by atoms with van der Waals surface area (Å²) in [6, 6.07) is 6.11. The summed E-state index contributed by atoms with van der Waals surface area (Å²) in [7, 11) is -3.45. The van der Waals surface area contributed by atoms with Crippen LogP contribution in [0.2, 0.25) is 0 Å². The molecule has 0 aliphatic heterocycles. The number of hydrogen-bond donors (Lipinski definition) is 1. The molecule has 1 heterocycles. The van der Waals surface area contributed by atoms with Crippen molar-refractivity contribution >= 4 is 31.8 Å². The molecule has 0 radical (unpaired) electrons. The first-order valence-electron chi connectivity index (χ1n) is 6.46. The van der Waals surface area contributed by atoms with Gasteiger partial charge in [0.05, 0.1) is 10.2 Å². The van der Waals surface area contributed by atoms with Gasteiger partial charge in [-0.15, -0.1) is 0 Å². The molecule has 0 saturated heterocycles. The molecular weight excluding hydrogens is 352 g/mol. The number of hydrogen-bond acceptors (Lipinski definition) is 3. The molecular formula is C15H17BrN2O2S. The van der Waals surface area contributed by atoms with Crippen LogP contribution in [0, 0.1) is 13.8 Å². The average Bonchev–Trinajstić information content (AvgIpc) is 2.79. The van der Waals surface area contributed by atoms with E-state index < -0.39 is 9.84 Å². The lowest BCUT2D eigenvalue weighted by Gasteiger charge is -2.06. The van der Waals surface area contributed by atoms with Crippen molar-refractivity contribution in [3.8, 4) is 0 Å². The highest BCUT2D eigenvalue weighted by Crippen LogP contribution is 2.22. The van der Waals surface area contributed by atoms with Crippen LogP contribution in [0.4, 0.5) is 0 Å². The molecule has 4 nitrogen and oxygen atoms in total. The maximum atomic E-state index is 12.3. The van der Waals surface area contributed by atoms with E-state index in [-0.39, 0.29) is 10.8 Å². The zero-order valence-electron chi connectivity index (χ0n) is 12.1. The van der Waals surface area contributed by atoms with E-state index in [0.717, 1.165) is 16.7 Å². The zero-order chi connectivity index (χ0) is 15.6. The molecule has 1 N–H and O–H groups in total. The van der Waals surface area contributed by atoms with Gasteiger partial charge in [-0.25, -0.2) is 8.42 Å². The second-order valence-electron chi connectivity index (χ2n) is 5.15. The Bertz CT molecular complexity index is 792. The first-order valence-corrected chi connectivity index (χ1v) is 8.90. The molecule has 0 aliphatic carbocycles. The van der Waals surface area contributed by atoms with Crippen LogP contribution in [0.25, 0.3) is 6.08 Å². The minimum absolute atomic E-state index is 0.0517. The van der Waals surface area contributed by atoms with Gasteiger partial charge in [0.25, 0.3) is 0 Å². The van der Waals surface area contributed by atoms with E-state index in [2.05, 4.69) is 32.2 Å². The summed E-state index contributed by atoms with van der Waals surface area (Å²) in [5, 5.41) is 6.39. The maximum absolute atomic E-state index is 12.3. The van der Waals surface area contributed by atoms with Crippen LogP contribution >= 0.6 is 15.9 Å². The predicted octanol–water partition coefficient (Wildman–Crippen LogP) is 3.67. The molecule has 112 valence electrons. The molecule has 0 amide bonds. The molecule has 0 spiro atoms. The Morgan fingerprint density at radius 2 is 2.10 bits per heavy atom. The van der Waals surface area contributed by atoms with Gasteiger partial charge in [-0.2, -0.15) is 5.10 Å². The Morgan fingerprint density at radius 3 is 2.67 bits per heavy atom. The number of aromatic amines is 1. The number of nitrogens with one attached hydrogen (secondary N) is 1. The summed E-state index contributed by atoms with van der Waals surface area (Å²) >= 11 is 3.19. The number of benzene rings is 1. The van der Waals surface area contributed by atoms with Gasteiger partial charge in [0, 0.05) is 6.20 Å². The fourth-order valence-electron chi connectivity index (χ4n) is 2.14. The van der Waals surface area contributed by atoms with Crippen LogP contribution in [-0.4, -0.2) is 24.4 Å². The highest BCUT2D eigenvalue weighted by molar-refractivity contribution is 9.10. The number of halogens is 1. The zero-order valence-corrected chi connectivity index (χ0v) is 14.5. The summed E-state index contributed by atoms with van der Waals surface area (Å²) in [6.07, 6.45) is 3.42. The maximum Gasteiger partial charge on any atom is 0.202 e. The molecule has 21 heavy (non-hydrogen) atoms. The van der Waals surface area contributed by atoms with Gasteiger partial charge in [-0.1, -0.05) is 35.4 Å². The number of sulfone groups is 1. The van der Waals surface area contributed by atoms with Crippen molar-refractivity contribution in [2.75, 3.05) is 5.75 Å². The van der Waals surface area contributed by atoms with E-state index in [9.17, 15) is 8.42 Å². The van der Waals surface area contributed by atoms with Crippen LogP contribution in [0.5, 0.6) is 0 Å². The van der Waals surface area contributed by atoms with Gasteiger partial charge >= 0.3 is 0 Å². The molecule has 0 bridgehead atoms. The second-order valence-corrected chi connectivity index (χ2v) is 7.91. The molecule has 2 rings (SSSR count). The second kappa shape index (κ2) is 6.15. The third-order valence-electron chi connectivity index (χ3n) is 3.10. The van der Waals surface area contributed by atoms with E-state index in [4.69, 9.17) is 0 Å². The molecule has 6 heteroatoms. The molecule has 0 unspecified atom stereocenters. The Kier molecular flexibility index (Phi) is 4.68. The largest absolute Gasteiger partial charge is 0.283 e. The lowest BCUT2D eigenvalue weighted by atomic mass is 10.0. The quantitative estimate of drug-likeness (QED) is 0.895. The fourth-order valence-corrected chi connectivity index (χ4v) is 4.44. The molecule has 1 aromatic heterocycles. The van der Waals surface area contributed by atoms with Crippen molar-refractivity contribution < 1.29 is 8.42 Å². The van der Waals surface area contributed by atoms with Gasteiger partial charge < -0.3 is 0 Å². The predicted molar refractivity (Wildman–Crippen MR) is 87.9 cm³/mol. The van der Waals surface area contributed by atoms with E-state index in [1.54, 1.807) is 0 Å². The van der Waals surface area contributed by atoms with Crippen molar-refractivity contribution in [1.29, 1.82) is 0 Å². The fraction of sp³-hybridized carbons (Fsp3) is 0.267. The summed E-state index contributed by atoms with van der Waals surface area (Å²) in [5.41, 5.74) is 4.13. The van der Waals surface area contributed by atoms with Crippen molar-refractivity contribution in [2.24, 2.45) is 0 Å². The van der Waals surface area contributed by atoms with E-state index >= 15 is 0 Å². The molecule has 0 atom stereocenters. The Labute approximate surface area is 133 Å². The van der Waals surface area contributed by atoms with Crippen LogP contribution in [0.3, 0.4) is 0 Å². The van der Waals surface area contributed by atoms with Crippen molar-refractivity contribution in [1.82, 2.24) is 10.2 Å². The van der Waals surface area contributed by atoms with Crippen LogP contribution in [-0.2, 0) is 9.84 Å². The number of aromatic nitrogens is 2. The number of H-pyrrole nitrogens is 1. The first kappa shape index (κ1) is 16.0. The molecule has 1 aromatic carbocycles. The monoisotopic (exact) mass is 368 g/mol. The smallest absolute Gasteiger partial charge is 0.202 e. The molecule has 0 aliphatic rings. The number of rotatable bonds is 4. The average molecular weight is 369 g/mol. The van der Waals surface area contributed by atoms with Crippen molar-refractivity contribution in [3.05, 3.63) is 51.1 Å². The van der Waals surface area contributed by atoms with Gasteiger partial charge in [0.2, 0.25) is 9.84 Å². The van der Waals surface area contributed by atoms with Crippen molar-refractivity contribution in [3.63, 3.8) is 0 Å². The standard InChI is InChI=1S/C15H17BrN2O2S/c1-10-4-5-13(12(3)6-10)7-11(2)9-21(19,20)15-14(16)8-17-18-15/h4-8H,9H2,1-3H3,(H,17,18). The van der Waals surface area contributed by atoms with E-state index in [1.807, 2.05) is 39.0 Å².